The molecule has 0 saturated heterocycles. The third-order valence-electron chi connectivity index (χ3n) is 1.33. The molecule has 0 rings (SSSR count). The van der Waals surface area contributed by atoms with E-state index in [0.717, 1.165) is 0 Å². The van der Waals surface area contributed by atoms with Crippen molar-refractivity contribution in [2.24, 2.45) is 0 Å². The monoisotopic (exact) mass is 502 g/mol. The molecule has 1 unspecified atom stereocenters. The van der Waals surface area contributed by atoms with Gasteiger partial charge in [-0.2, -0.15) is 21.6 Å². The van der Waals surface area contributed by atoms with Crippen LogP contribution in [0.2, 0.25) is 0 Å². The summed E-state index contributed by atoms with van der Waals surface area (Å²) in [4.78, 5) is 11.2. The summed E-state index contributed by atoms with van der Waals surface area (Å²) in [7, 11) is -4.90. The van der Waals surface area contributed by atoms with Crippen LogP contribution in [-0.4, -0.2) is 38.4 Å². The maximum Gasteiger partial charge on any atom is 0.426 e. The lowest BCUT2D eigenvalue weighted by Gasteiger charge is -2.22. The van der Waals surface area contributed by atoms with Crippen LogP contribution in [0.25, 0.3) is 0 Å². The van der Waals surface area contributed by atoms with Gasteiger partial charge in [0.05, 0.1) is 0 Å². The van der Waals surface area contributed by atoms with Crippen LogP contribution >= 0.6 is 45.2 Å². The summed E-state index contributed by atoms with van der Waals surface area (Å²) < 4.78 is 68.9. The molecule has 0 aliphatic heterocycles. The first kappa shape index (κ1) is 17.6. The number of hydrogen-bond donors (Lipinski definition) is 1. The van der Waals surface area contributed by atoms with Crippen molar-refractivity contribution >= 4 is 61.3 Å². The van der Waals surface area contributed by atoms with Gasteiger partial charge in [-0.25, -0.2) is 4.79 Å². The van der Waals surface area contributed by atoms with Crippen LogP contribution in [-0.2, 0) is 19.6 Å². The fraction of sp³-hybridized carbons (Fsp3) is 0.833. The first-order valence-corrected chi connectivity index (χ1v) is 7.61. The van der Waals surface area contributed by atoms with Crippen molar-refractivity contribution in [2.75, 3.05) is 5.75 Å². The standard InChI is InChI=1S/C6H7F3I2O5S/c1-5(10,11)4(12)16-3(6(7,8)9)2-17(13,14)15/h3H,2H2,1H3,(H,13,14,15). The molecule has 1 atom stereocenters. The highest BCUT2D eigenvalue weighted by molar-refractivity contribution is 14.2. The lowest BCUT2D eigenvalue weighted by atomic mass is 10.4. The summed E-state index contributed by atoms with van der Waals surface area (Å²) in [5.41, 5.74) is 0. The molecule has 0 spiro atoms. The average molecular weight is 502 g/mol. The Labute approximate surface area is 122 Å². The van der Waals surface area contributed by atoms with E-state index in [4.69, 9.17) is 4.55 Å². The number of halogens is 5. The van der Waals surface area contributed by atoms with Gasteiger partial charge < -0.3 is 4.74 Å². The molecule has 0 radical (unpaired) electrons. The van der Waals surface area contributed by atoms with Crippen molar-refractivity contribution < 1.29 is 35.7 Å². The highest BCUT2D eigenvalue weighted by Crippen LogP contribution is 2.31. The van der Waals surface area contributed by atoms with Gasteiger partial charge >= 0.3 is 12.1 Å². The number of alkyl halides is 5. The van der Waals surface area contributed by atoms with Gasteiger partial charge in [-0.15, -0.1) is 0 Å². The molecule has 5 nitrogen and oxygen atoms in total. The van der Waals surface area contributed by atoms with Crippen LogP contribution in [0.1, 0.15) is 6.92 Å². The Bertz CT molecular complexity index is 385. The van der Waals surface area contributed by atoms with Gasteiger partial charge in [-0.3, -0.25) is 4.55 Å². The molecule has 0 aromatic rings. The summed E-state index contributed by atoms with van der Waals surface area (Å²) in [6, 6.07) is 0. The van der Waals surface area contributed by atoms with Gasteiger partial charge in [0.2, 0.25) is 6.10 Å². The van der Waals surface area contributed by atoms with E-state index in [2.05, 4.69) is 4.74 Å². The predicted octanol–water partition coefficient (Wildman–Crippen LogP) is 1.93. The molecule has 17 heavy (non-hydrogen) atoms. The second kappa shape index (κ2) is 5.73. The number of rotatable bonds is 4. The number of carbonyl (C=O) groups excluding carboxylic acids is 1. The Balaban J connectivity index is 4.94. The molecule has 11 heteroatoms. The zero-order chi connectivity index (χ0) is 14.1. The number of hydrogen-bond acceptors (Lipinski definition) is 4. The molecule has 0 fully saturated rings. The average Bonchev–Trinajstić information content (AvgIpc) is 1.96. The molecule has 102 valence electrons. The highest BCUT2D eigenvalue weighted by Gasteiger charge is 2.47. The summed E-state index contributed by atoms with van der Waals surface area (Å²) >= 11 is 3.07. The quantitative estimate of drug-likeness (QED) is 0.275. The van der Waals surface area contributed by atoms with E-state index in [1.165, 1.54) is 52.1 Å². The molecule has 0 heterocycles. The third kappa shape index (κ3) is 7.61. The van der Waals surface area contributed by atoms with Crippen molar-refractivity contribution in [3.63, 3.8) is 0 Å². The maximum atomic E-state index is 12.3. The highest BCUT2D eigenvalue weighted by atomic mass is 127. The minimum atomic E-state index is -5.07. The van der Waals surface area contributed by atoms with E-state index in [0.29, 0.717) is 0 Å². The molecule has 1 N–H and O–H groups in total. The van der Waals surface area contributed by atoms with Crippen molar-refractivity contribution in [1.29, 1.82) is 0 Å². The Morgan fingerprint density at radius 1 is 1.41 bits per heavy atom. The second-order valence-corrected chi connectivity index (χ2v) is 10.9. The van der Waals surface area contributed by atoms with Gasteiger partial charge in [-0.1, -0.05) is 45.2 Å². The Kier molecular flexibility index (Phi) is 5.94. The fourth-order valence-corrected chi connectivity index (χ4v) is 1.51. The zero-order valence-electron chi connectivity index (χ0n) is 8.16. The zero-order valence-corrected chi connectivity index (χ0v) is 13.3. The van der Waals surface area contributed by atoms with Gasteiger partial charge in [0.15, 0.2) is 1.43 Å². The SMILES string of the molecule is CC(I)(I)C(=O)OC(CS(=O)(=O)O)C(F)(F)F. The van der Waals surface area contributed by atoms with Crippen LogP contribution in [0.4, 0.5) is 13.2 Å². The van der Waals surface area contributed by atoms with Gasteiger partial charge in [-0.05, 0) is 6.92 Å². The van der Waals surface area contributed by atoms with Crippen LogP contribution in [0, 0.1) is 0 Å². The Morgan fingerprint density at radius 3 is 2.06 bits per heavy atom. The maximum absolute atomic E-state index is 12.3. The molecule has 0 saturated carbocycles. The molecule has 0 bridgehead atoms. The summed E-state index contributed by atoms with van der Waals surface area (Å²) in [6.45, 7) is 1.29. The Hall–Kier alpha value is 0.630. The van der Waals surface area contributed by atoms with Crippen LogP contribution < -0.4 is 0 Å². The normalized spacial score (nSPS) is 15.5. The molecule has 0 aliphatic rings. The first-order valence-electron chi connectivity index (χ1n) is 3.84. The summed E-state index contributed by atoms with van der Waals surface area (Å²) in [5, 5.41) is 0. The fourth-order valence-electron chi connectivity index (χ4n) is 0.619. The minimum absolute atomic E-state index is 1.23. The second-order valence-electron chi connectivity index (χ2n) is 3.07. The van der Waals surface area contributed by atoms with Crippen LogP contribution in [0.5, 0.6) is 0 Å². The topological polar surface area (TPSA) is 80.7 Å². The van der Waals surface area contributed by atoms with E-state index in [1.54, 1.807) is 0 Å². The van der Waals surface area contributed by atoms with Gasteiger partial charge in [0.25, 0.3) is 10.1 Å². The van der Waals surface area contributed by atoms with Crippen molar-refractivity contribution in [1.82, 2.24) is 0 Å². The van der Waals surface area contributed by atoms with E-state index in [-0.39, 0.29) is 0 Å². The van der Waals surface area contributed by atoms with Gasteiger partial charge in [0.1, 0.15) is 5.75 Å². The lowest BCUT2D eigenvalue weighted by molar-refractivity contribution is -0.214. The number of esters is 1. The molecule has 0 aromatic heterocycles. The van der Waals surface area contributed by atoms with Gasteiger partial charge in [0, 0.05) is 0 Å². The van der Waals surface area contributed by atoms with Crippen LogP contribution in [0.3, 0.4) is 0 Å². The van der Waals surface area contributed by atoms with E-state index >= 15 is 0 Å². The van der Waals surface area contributed by atoms with E-state index in [9.17, 15) is 26.4 Å². The molecule has 0 aromatic carbocycles. The molecular weight excluding hydrogens is 495 g/mol. The summed E-state index contributed by atoms with van der Waals surface area (Å²) in [5.74, 6) is -2.95. The van der Waals surface area contributed by atoms with Crippen molar-refractivity contribution in [3.8, 4) is 0 Å². The molecule has 0 aliphatic carbocycles. The molecular formula is C6H7F3I2O5S. The van der Waals surface area contributed by atoms with E-state index in [1.807, 2.05) is 0 Å². The van der Waals surface area contributed by atoms with Crippen LogP contribution in [0.15, 0.2) is 0 Å². The molecule has 0 amide bonds. The smallest absolute Gasteiger partial charge is 0.426 e. The lowest BCUT2D eigenvalue weighted by Crippen LogP contribution is -2.42. The predicted molar refractivity (Wildman–Crippen MR) is 68.8 cm³/mol. The summed E-state index contributed by atoms with van der Waals surface area (Å²) in [6.07, 6.45) is -7.95. The number of carbonyl (C=O) groups is 1. The van der Waals surface area contributed by atoms with Crippen molar-refractivity contribution in [3.05, 3.63) is 0 Å². The Morgan fingerprint density at radius 2 is 1.82 bits per heavy atom. The minimum Gasteiger partial charge on any atom is -0.450 e. The van der Waals surface area contributed by atoms with Crippen molar-refractivity contribution in [2.45, 2.75) is 20.6 Å². The third-order valence-corrected chi connectivity index (χ3v) is 2.94. The largest absolute Gasteiger partial charge is 0.450 e. The number of ether oxygens (including phenoxy) is 1. The van der Waals surface area contributed by atoms with E-state index < -0.39 is 35.5 Å². The first-order chi connectivity index (χ1) is 7.23.